The van der Waals surface area contributed by atoms with Crippen molar-refractivity contribution in [3.05, 3.63) is 58.1 Å². The van der Waals surface area contributed by atoms with E-state index in [1.54, 1.807) is 49.4 Å². The van der Waals surface area contributed by atoms with Crippen LogP contribution in [0.2, 0.25) is 0 Å². The molecule has 6 heteroatoms. The number of para-hydroxylation sites is 1. The van der Waals surface area contributed by atoms with E-state index in [0.29, 0.717) is 15.7 Å². The number of rotatable bonds is 4. The zero-order valence-electron chi connectivity index (χ0n) is 11.7. The Labute approximate surface area is 133 Å². The molecular weight excluding hydrogens is 354 g/mol. The highest BCUT2D eigenvalue weighted by Crippen LogP contribution is 2.28. The average Bonchev–Trinajstić information content (AvgIpc) is 2.37. The number of nitrogens with one attached hydrogen (secondary N) is 1. The van der Waals surface area contributed by atoms with Crippen LogP contribution >= 0.6 is 15.9 Å². The molecule has 0 saturated heterocycles. The quantitative estimate of drug-likeness (QED) is 0.864. The Hall–Kier alpha value is -1.37. The summed E-state index contributed by atoms with van der Waals surface area (Å²) in [4.78, 5) is 0.161. The molecule has 2 aromatic carbocycles. The number of aliphatic hydroxyl groups is 1. The third kappa shape index (κ3) is 3.64. The minimum atomic E-state index is -3.72. The third-order valence-corrected chi connectivity index (χ3v) is 5.37. The Kier molecular flexibility index (Phi) is 4.70. The van der Waals surface area contributed by atoms with E-state index < -0.39 is 16.1 Å². The Bertz CT molecular complexity index is 757. The minimum absolute atomic E-state index is 0.161. The number of hydrogen-bond donors (Lipinski definition) is 2. The number of aryl methyl sites for hydroxylation is 1. The molecule has 2 aromatic rings. The van der Waals surface area contributed by atoms with Gasteiger partial charge in [-0.2, -0.15) is 0 Å². The Morgan fingerprint density at radius 3 is 2.48 bits per heavy atom. The first-order valence-electron chi connectivity index (χ1n) is 6.37. The summed E-state index contributed by atoms with van der Waals surface area (Å²) in [5.74, 6) is 0. The van der Waals surface area contributed by atoms with Gasteiger partial charge < -0.3 is 5.11 Å². The Morgan fingerprint density at radius 2 is 1.86 bits per heavy atom. The molecule has 0 bridgehead atoms. The minimum Gasteiger partial charge on any atom is -0.389 e. The van der Waals surface area contributed by atoms with Crippen molar-refractivity contribution in [3.8, 4) is 0 Å². The molecular formula is C15H16BrNO3S. The Balaban J connectivity index is 2.43. The van der Waals surface area contributed by atoms with Crippen LogP contribution in [0.25, 0.3) is 0 Å². The van der Waals surface area contributed by atoms with E-state index in [2.05, 4.69) is 20.7 Å². The second kappa shape index (κ2) is 6.17. The van der Waals surface area contributed by atoms with Gasteiger partial charge in [-0.1, -0.05) is 24.3 Å². The van der Waals surface area contributed by atoms with Crippen molar-refractivity contribution in [2.75, 3.05) is 4.72 Å². The van der Waals surface area contributed by atoms with Gasteiger partial charge >= 0.3 is 0 Å². The van der Waals surface area contributed by atoms with Crippen LogP contribution in [0.4, 0.5) is 5.69 Å². The molecule has 2 N–H and O–H groups in total. The van der Waals surface area contributed by atoms with Crippen LogP contribution in [0.5, 0.6) is 0 Å². The van der Waals surface area contributed by atoms with Crippen LogP contribution in [-0.2, 0) is 10.0 Å². The van der Waals surface area contributed by atoms with Crippen LogP contribution in [0, 0.1) is 6.92 Å². The molecule has 0 saturated carbocycles. The normalized spacial score (nSPS) is 13.0. The van der Waals surface area contributed by atoms with Crippen molar-refractivity contribution in [2.45, 2.75) is 24.8 Å². The van der Waals surface area contributed by atoms with Crippen LogP contribution in [0.1, 0.15) is 24.2 Å². The standard InChI is InChI=1S/C15H16BrNO3S/c1-10-7-8-15(13(16)9-10)21(19,20)17-14-6-4-3-5-12(14)11(2)18/h3-9,11,17-18H,1-2H3. The molecule has 4 nitrogen and oxygen atoms in total. The number of aliphatic hydroxyl groups excluding tert-OH is 1. The third-order valence-electron chi connectivity index (χ3n) is 3.03. The van der Waals surface area contributed by atoms with E-state index in [-0.39, 0.29) is 4.90 Å². The first-order valence-corrected chi connectivity index (χ1v) is 8.65. The van der Waals surface area contributed by atoms with Gasteiger partial charge in [-0.05, 0) is 53.5 Å². The molecule has 21 heavy (non-hydrogen) atoms. The largest absolute Gasteiger partial charge is 0.389 e. The maximum absolute atomic E-state index is 12.5. The zero-order valence-corrected chi connectivity index (χ0v) is 14.1. The summed E-state index contributed by atoms with van der Waals surface area (Å²) < 4.78 is 28.0. The summed E-state index contributed by atoms with van der Waals surface area (Å²) >= 11 is 3.28. The van der Waals surface area contributed by atoms with Gasteiger partial charge in [-0.15, -0.1) is 0 Å². The number of benzene rings is 2. The maximum Gasteiger partial charge on any atom is 0.263 e. The summed E-state index contributed by atoms with van der Waals surface area (Å²) in [6, 6.07) is 11.8. The highest BCUT2D eigenvalue weighted by Gasteiger charge is 2.19. The molecule has 0 heterocycles. The second-order valence-electron chi connectivity index (χ2n) is 4.80. The topological polar surface area (TPSA) is 66.4 Å². The molecule has 0 aliphatic carbocycles. The number of sulfonamides is 1. The van der Waals surface area contributed by atoms with Gasteiger partial charge in [0.2, 0.25) is 0 Å². The first-order chi connectivity index (χ1) is 9.81. The zero-order chi connectivity index (χ0) is 15.6. The number of hydrogen-bond acceptors (Lipinski definition) is 3. The highest BCUT2D eigenvalue weighted by molar-refractivity contribution is 9.10. The number of anilines is 1. The predicted molar refractivity (Wildman–Crippen MR) is 86.8 cm³/mol. The van der Waals surface area contributed by atoms with Gasteiger partial charge in [0.25, 0.3) is 10.0 Å². The molecule has 0 spiro atoms. The molecule has 0 aliphatic rings. The van der Waals surface area contributed by atoms with Crippen LogP contribution in [0.3, 0.4) is 0 Å². The molecule has 0 aliphatic heterocycles. The monoisotopic (exact) mass is 369 g/mol. The van der Waals surface area contributed by atoms with Gasteiger partial charge in [0.05, 0.1) is 11.8 Å². The van der Waals surface area contributed by atoms with Crippen molar-refractivity contribution < 1.29 is 13.5 Å². The average molecular weight is 370 g/mol. The Morgan fingerprint density at radius 1 is 1.19 bits per heavy atom. The van der Waals surface area contributed by atoms with Gasteiger partial charge in [-0.3, -0.25) is 4.72 Å². The molecule has 0 radical (unpaired) electrons. The number of halogens is 1. The van der Waals surface area contributed by atoms with Crippen LogP contribution in [0.15, 0.2) is 51.8 Å². The van der Waals surface area contributed by atoms with E-state index in [9.17, 15) is 13.5 Å². The summed E-state index contributed by atoms with van der Waals surface area (Å²) in [6.07, 6.45) is -0.759. The predicted octanol–water partition coefficient (Wildman–Crippen LogP) is 3.61. The fourth-order valence-corrected chi connectivity index (χ4v) is 4.26. The van der Waals surface area contributed by atoms with E-state index >= 15 is 0 Å². The second-order valence-corrected chi connectivity index (χ2v) is 7.31. The van der Waals surface area contributed by atoms with E-state index in [0.717, 1.165) is 5.56 Å². The van der Waals surface area contributed by atoms with Crippen molar-refractivity contribution in [1.29, 1.82) is 0 Å². The fourth-order valence-electron chi connectivity index (χ4n) is 1.98. The van der Waals surface area contributed by atoms with Crippen molar-refractivity contribution in [1.82, 2.24) is 0 Å². The van der Waals surface area contributed by atoms with Gasteiger partial charge in [-0.25, -0.2) is 8.42 Å². The van der Waals surface area contributed by atoms with E-state index in [1.807, 2.05) is 6.92 Å². The van der Waals surface area contributed by atoms with Crippen LogP contribution in [-0.4, -0.2) is 13.5 Å². The summed E-state index contributed by atoms with van der Waals surface area (Å²) in [5.41, 5.74) is 1.87. The molecule has 0 amide bonds. The lowest BCUT2D eigenvalue weighted by Crippen LogP contribution is -2.15. The highest BCUT2D eigenvalue weighted by atomic mass is 79.9. The summed E-state index contributed by atoms with van der Waals surface area (Å²) in [5, 5.41) is 9.72. The van der Waals surface area contributed by atoms with Gasteiger partial charge in [0.1, 0.15) is 4.90 Å². The molecule has 112 valence electrons. The fraction of sp³-hybridized carbons (Fsp3) is 0.200. The summed E-state index contributed by atoms with van der Waals surface area (Å²) in [6.45, 7) is 3.48. The van der Waals surface area contributed by atoms with E-state index in [4.69, 9.17) is 0 Å². The van der Waals surface area contributed by atoms with Crippen LogP contribution < -0.4 is 4.72 Å². The molecule has 1 unspecified atom stereocenters. The lowest BCUT2D eigenvalue weighted by atomic mass is 10.1. The maximum atomic E-state index is 12.5. The lowest BCUT2D eigenvalue weighted by Gasteiger charge is -2.15. The van der Waals surface area contributed by atoms with Gasteiger partial charge in [0.15, 0.2) is 0 Å². The smallest absolute Gasteiger partial charge is 0.263 e. The lowest BCUT2D eigenvalue weighted by molar-refractivity contribution is 0.200. The van der Waals surface area contributed by atoms with E-state index in [1.165, 1.54) is 0 Å². The molecule has 1 atom stereocenters. The molecule has 2 rings (SSSR count). The van der Waals surface area contributed by atoms with Crippen molar-refractivity contribution >= 4 is 31.6 Å². The van der Waals surface area contributed by atoms with Crippen molar-refractivity contribution in [2.24, 2.45) is 0 Å². The first kappa shape index (κ1) is 16.0. The van der Waals surface area contributed by atoms with Crippen molar-refractivity contribution in [3.63, 3.8) is 0 Å². The summed E-state index contributed by atoms with van der Waals surface area (Å²) in [7, 11) is -3.72. The molecule has 0 fully saturated rings. The SMILES string of the molecule is Cc1ccc(S(=O)(=O)Nc2ccccc2C(C)O)c(Br)c1. The molecule has 0 aromatic heterocycles. The van der Waals surface area contributed by atoms with Gasteiger partial charge in [0, 0.05) is 10.0 Å².